The van der Waals surface area contributed by atoms with Gasteiger partial charge in [0.15, 0.2) is 0 Å². The maximum atomic E-state index is 3.90. The second-order valence-electron chi connectivity index (χ2n) is 7.34. The first kappa shape index (κ1) is 22.7. The average Bonchev–Trinajstić information content (AvgIpc) is 2.57. The summed E-state index contributed by atoms with van der Waals surface area (Å²) in [6.45, 7) is 11.8. The van der Waals surface area contributed by atoms with Gasteiger partial charge >= 0.3 is 139 Å². The third-order valence-corrected chi connectivity index (χ3v) is 12.2. The molecule has 0 N–H and O–H groups in total. The summed E-state index contributed by atoms with van der Waals surface area (Å²) in [6.07, 6.45) is 14.4. The number of hydrogen-bond donors (Lipinski definition) is 0. The van der Waals surface area contributed by atoms with Crippen molar-refractivity contribution in [2.75, 3.05) is 25.2 Å². The number of hydrogen-bond acceptors (Lipinski definition) is 0. The number of unbranched alkanes of at least 4 members (excludes halogenated alkanes) is 3. The van der Waals surface area contributed by atoms with Gasteiger partial charge in [0, 0.05) is 0 Å². The van der Waals surface area contributed by atoms with Gasteiger partial charge in [-0.15, -0.1) is 12.4 Å². The standard InChI is InChI=1S/C21H37P.ClH/c1-6-10-17-22(5,18-11-7-2,19-12-8-3)21-15-13-20(9-4)14-16-21;/h9,13-16H,4,6-8,10-12,17-19H2,1-3,5H3;1H. The summed E-state index contributed by atoms with van der Waals surface area (Å²) < 4.78 is 0. The fraction of sp³-hybridized carbons (Fsp3) is 0.619. The summed E-state index contributed by atoms with van der Waals surface area (Å²) >= 11 is 0. The normalized spacial score (nSPS) is 13.0. The molecule has 0 bridgehead atoms. The smallest absolute Gasteiger partial charge is 0.147 e. The van der Waals surface area contributed by atoms with E-state index in [1.165, 1.54) is 62.6 Å². The molecule has 0 heterocycles. The molecule has 0 aliphatic rings. The SMILES string of the molecule is C=Cc1ccc(P(C)(CCCC)(CCCC)CCCC)cc1.Cl. The molecule has 0 fully saturated rings. The van der Waals surface area contributed by atoms with Gasteiger partial charge in [-0.05, 0) is 0 Å². The van der Waals surface area contributed by atoms with E-state index in [1.54, 1.807) is 5.30 Å². The topological polar surface area (TPSA) is 0 Å². The van der Waals surface area contributed by atoms with Gasteiger partial charge in [-0.2, -0.15) is 0 Å². The molecule has 0 aliphatic carbocycles. The minimum Gasteiger partial charge on any atom is -0.147 e. The van der Waals surface area contributed by atoms with Gasteiger partial charge in [-0.1, -0.05) is 0 Å². The Labute approximate surface area is 151 Å². The molecular formula is C21H38ClP. The Kier molecular flexibility index (Phi) is 10.4. The molecular weight excluding hydrogens is 319 g/mol. The summed E-state index contributed by atoms with van der Waals surface area (Å²) in [6, 6.07) is 9.40. The van der Waals surface area contributed by atoms with Crippen molar-refractivity contribution in [3.05, 3.63) is 36.4 Å². The Morgan fingerprint density at radius 1 is 0.826 bits per heavy atom. The Balaban J connectivity index is 0.00000484. The Hall–Kier alpha value is -0.320. The van der Waals surface area contributed by atoms with Crippen LogP contribution in [0.5, 0.6) is 0 Å². The molecule has 0 unspecified atom stereocenters. The fourth-order valence-corrected chi connectivity index (χ4v) is 9.89. The van der Waals surface area contributed by atoms with E-state index < -0.39 is 6.60 Å². The minimum atomic E-state index is -1.80. The molecule has 0 spiro atoms. The maximum Gasteiger partial charge on any atom is -0.147 e. The van der Waals surface area contributed by atoms with Gasteiger partial charge in [-0.3, -0.25) is 0 Å². The first-order chi connectivity index (χ1) is 10.5. The largest absolute Gasteiger partial charge is 0.147 e. The van der Waals surface area contributed by atoms with E-state index >= 15 is 0 Å². The molecule has 0 aliphatic heterocycles. The van der Waals surface area contributed by atoms with Gasteiger partial charge in [0.2, 0.25) is 0 Å². The molecule has 0 amide bonds. The Morgan fingerprint density at radius 2 is 1.22 bits per heavy atom. The zero-order valence-electron chi connectivity index (χ0n) is 15.8. The van der Waals surface area contributed by atoms with Crippen LogP contribution >= 0.6 is 19.0 Å². The molecule has 0 nitrogen and oxygen atoms in total. The summed E-state index contributed by atoms with van der Waals surface area (Å²) in [5.41, 5.74) is 1.25. The van der Waals surface area contributed by atoms with Crippen LogP contribution in [0.3, 0.4) is 0 Å². The molecule has 23 heavy (non-hydrogen) atoms. The molecule has 1 aromatic carbocycles. The van der Waals surface area contributed by atoms with Crippen LogP contribution in [-0.2, 0) is 0 Å². The summed E-state index contributed by atoms with van der Waals surface area (Å²) in [4.78, 5) is 0. The number of rotatable bonds is 11. The van der Waals surface area contributed by atoms with Crippen molar-refractivity contribution < 1.29 is 0 Å². The van der Waals surface area contributed by atoms with Crippen LogP contribution in [0.25, 0.3) is 6.08 Å². The van der Waals surface area contributed by atoms with E-state index in [0.717, 1.165) is 0 Å². The van der Waals surface area contributed by atoms with Crippen molar-refractivity contribution in [1.82, 2.24) is 0 Å². The molecule has 0 saturated carbocycles. The summed E-state index contributed by atoms with van der Waals surface area (Å²) in [7, 11) is 0. The van der Waals surface area contributed by atoms with Crippen LogP contribution in [0, 0.1) is 0 Å². The second kappa shape index (κ2) is 10.5. The van der Waals surface area contributed by atoms with E-state index in [-0.39, 0.29) is 12.4 Å². The zero-order valence-corrected chi connectivity index (χ0v) is 17.5. The van der Waals surface area contributed by atoms with Crippen LogP contribution in [0.2, 0.25) is 0 Å². The van der Waals surface area contributed by atoms with E-state index in [1.807, 2.05) is 6.08 Å². The second-order valence-corrected chi connectivity index (χ2v) is 13.8. The van der Waals surface area contributed by atoms with Crippen molar-refractivity contribution in [2.24, 2.45) is 0 Å². The minimum absolute atomic E-state index is 0. The first-order valence-corrected chi connectivity index (χ1v) is 12.5. The van der Waals surface area contributed by atoms with Crippen LogP contribution in [0.1, 0.15) is 64.9 Å². The van der Waals surface area contributed by atoms with Crippen molar-refractivity contribution >= 4 is 30.4 Å². The third-order valence-electron chi connectivity index (χ3n) is 5.42. The predicted octanol–water partition coefficient (Wildman–Crippen LogP) is 6.96. The van der Waals surface area contributed by atoms with Gasteiger partial charge in [0.05, 0.1) is 0 Å². The molecule has 0 atom stereocenters. The Bertz CT molecular complexity index is 425. The quantitative estimate of drug-likeness (QED) is 0.376. The zero-order chi connectivity index (χ0) is 16.5. The predicted molar refractivity (Wildman–Crippen MR) is 116 cm³/mol. The van der Waals surface area contributed by atoms with Crippen molar-refractivity contribution in [3.63, 3.8) is 0 Å². The van der Waals surface area contributed by atoms with Crippen molar-refractivity contribution in [2.45, 2.75) is 59.3 Å². The van der Waals surface area contributed by atoms with Gasteiger partial charge < -0.3 is 0 Å². The summed E-state index contributed by atoms with van der Waals surface area (Å²) in [5, 5.41) is 1.67. The molecule has 2 heteroatoms. The van der Waals surface area contributed by atoms with Crippen LogP contribution in [0.4, 0.5) is 0 Å². The molecule has 0 aromatic heterocycles. The molecule has 0 saturated heterocycles. The monoisotopic (exact) mass is 356 g/mol. The molecule has 1 aromatic rings. The van der Waals surface area contributed by atoms with E-state index in [0.29, 0.717) is 0 Å². The van der Waals surface area contributed by atoms with E-state index in [4.69, 9.17) is 0 Å². The molecule has 1 rings (SSSR count). The Morgan fingerprint density at radius 3 is 1.52 bits per heavy atom. The van der Waals surface area contributed by atoms with E-state index in [9.17, 15) is 0 Å². The summed E-state index contributed by atoms with van der Waals surface area (Å²) in [5.74, 6) is 0. The van der Waals surface area contributed by atoms with E-state index in [2.05, 4.69) is 58.3 Å². The number of benzene rings is 1. The van der Waals surface area contributed by atoms with Gasteiger partial charge in [0.1, 0.15) is 0 Å². The van der Waals surface area contributed by atoms with Gasteiger partial charge in [-0.25, -0.2) is 0 Å². The fourth-order valence-electron chi connectivity index (χ4n) is 3.66. The van der Waals surface area contributed by atoms with Crippen LogP contribution in [0.15, 0.2) is 30.8 Å². The van der Waals surface area contributed by atoms with Crippen LogP contribution < -0.4 is 5.30 Å². The first-order valence-electron chi connectivity index (χ1n) is 9.26. The van der Waals surface area contributed by atoms with Crippen LogP contribution in [-0.4, -0.2) is 25.2 Å². The molecule has 134 valence electrons. The maximum absolute atomic E-state index is 3.90. The van der Waals surface area contributed by atoms with Gasteiger partial charge in [0.25, 0.3) is 0 Å². The van der Waals surface area contributed by atoms with Crippen molar-refractivity contribution in [3.8, 4) is 0 Å². The average molecular weight is 357 g/mol. The number of halogens is 1. The molecule has 0 radical (unpaired) electrons. The van der Waals surface area contributed by atoms with Crippen molar-refractivity contribution in [1.29, 1.82) is 0 Å². The third kappa shape index (κ3) is 5.91.